The lowest BCUT2D eigenvalue weighted by molar-refractivity contribution is -0.173. The Hall–Kier alpha value is -4.33. The topological polar surface area (TPSA) is 236 Å². The van der Waals surface area contributed by atoms with E-state index in [4.69, 9.17) is 11.5 Å². The minimum absolute atomic E-state index is 0.0541. The molecule has 1 aromatic rings. The van der Waals surface area contributed by atoms with Crippen molar-refractivity contribution in [1.29, 1.82) is 0 Å². The molecule has 324 valence electrons. The van der Waals surface area contributed by atoms with E-state index in [-0.39, 0.29) is 56.0 Å². The summed E-state index contributed by atoms with van der Waals surface area (Å²) in [6.45, 7) is 3.76. The van der Waals surface area contributed by atoms with Crippen molar-refractivity contribution < 1.29 is 43.8 Å². The number of carboxylic acid groups (broad SMARTS) is 2. The van der Waals surface area contributed by atoms with Crippen molar-refractivity contribution >= 4 is 47.2 Å². The summed E-state index contributed by atoms with van der Waals surface area (Å²) < 4.78 is -0.948. The fraction of sp³-hybridized carbons (Fsp3) is 0.711. The predicted molar refractivity (Wildman–Crippen MR) is 221 cm³/mol. The molecule has 0 spiro atoms. The van der Waals surface area contributed by atoms with Gasteiger partial charge in [0.05, 0.1) is 17.0 Å². The van der Waals surface area contributed by atoms with Crippen molar-refractivity contribution in [2.75, 3.05) is 0 Å². The van der Waals surface area contributed by atoms with Crippen LogP contribution >= 0.6 is 0 Å². The van der Waals surface area contributed by atoms with Crippen LogP contribution in [0.3, 0.4) is 0 Å². The first kappa shape index (κ1) is 44.2. The van der Waals surface area contributed by atoms with Gasteiger partial charge < -0.3 is 32.3 Å². The SMILES string of the molecule is CC1CCCCC1(NC(=O)C1([N+](C(=O)C2CCCCC2)(c2cc(C(=O)O)cc(C(=O)O)c2)C2(C(=O)NC3(C(N)=O)CCCCC3C)CCCCC2)CCCCC1)C(N)=O. The van der Waals surface area contributed by atoms with Crippen LogP contribution in [-0.4, -0.2) is 73.8 Å². The van der Waals surface area contributed by atoms with Crippen LogP contribution in [0.4, 0.5) is 5.69 Å². The molecule has 5 aliphatic rings. The number of carbonyl (C=O) groups excluding carboxylic acids is 5. The van der Waals surface area contributed by atoms with Crippen LogP contribution < -0.4 is 26.6 Å². The summed E-state index contributed by atoms with van der Waals surface area (Å²) in [5.41, 5.74) is 5.02. The number of amides is 5. The standard InChI is InChI=1S/C45H65N5O9/c1-29-16-8-14-24-44(29,38(46)56)48-40(58)42(20-10-4-11-21-42)50(35(51)31-18-6-3-7-19-31,34-27-32(36(52)53)26-33(28-34)37(54)55)43(22-12-5-13-23-43)41(59)49-45(39(47)57)25-15-9-17-30(45)2/h26-31H,3-25H2,1-2H3,(H7-,46,47,48,49,52,53,54,55,56,57,58,59)/p+1. The number of hydrogen-bond acceptors (Lipinski definition) is 7. The highest BCUT2D eigenvalue weighted by molar-refractivity contribution is 6.09. The molecule has 0 aromatic heterocycles. The first-order chi connectivity index (χ1) is 28.0. The van der Waals surface area contributed by atoms with Crippen molar-refractivity contribution in [3.63, 3.8) is 0 Å². The summed E-state index contributed by atoms with van der Waals surface area (Å²) in [5, 5.41) is 27.5. The van der Waals surface area contributed by atoms with Gasteiger partial charge in [-0.15, -0.1) is 0 Å². The zero-order chi connectivity index (χ0) is 42.8. The molecular formula is C45H66N5O9+. The Morgan fingerprint density at radius 3 is 1.25 bits per heavy atom. The lowest BCUT2D eigenvalue weighted by Gasteiger charge is -2.62. The summed E-state index contributed by atoms with van der Waals surface area (Å²) in [7, 11) is 0. The molecule has 0 aliphatic heterocycles. The monoisotopic (exact) mass is 820 g/mol. The second-order valence-corrected chi connectivity index (χ2v) is 18.8. The first-order valence-corrected chi connectivity index (χ1v) is 22.4. The van der Waals surface area contributed by atoms with Gasteiger partial charge in [0.15, 0.2) is 11.1 Å². The second kappa shape index (κ2) is 17.3. The van der Waals surface area contributed by atoms with Crippen LogP contribution in [0.1, 0.15) is 182 Å². The normalized spacial score (nSPS) is 29.5. The maximum Gasteiger partial charge on any atom is 0.335 e. The molecule has 0 radical (unpaired) electrons. The molecule has 5 saturated carbocycles. The molecule has 6 rings (SSSR count). The van der Waals surface area contributed by atoms with Crippen molar-refractivity contribution in [3.8, 4) is 0 Å². The van der Waals surface area contributed by atoms with Crippen LogP contribution in [0.25, 0.3) is 0 Å². The van der Waals surface area contributed by atoms with Gasteiger partial charge in [-0.05, 0) is 82.1 Å². The molecule has 1 aromatic carbocycles. The third-order valence-corrected chi connectivity index (χ3v) is 15.7. The predicted octanol–water partition coefficient (Wildman–Crippen LogP) is 6.00. The van der Waals surface area contributed by atoms with E-state index in [1.54, 1.807) is 0 Å². The van der Waals surface area contributed by atoms with E-state index >= 15 is 14.4 Å². The number of aromatic carboxylic acids is 2. The van der Waals surface area contributed by atoms with E-state index in [0.29, 0.717) is 77.0 Å². The van der Waals surface area contributed by atoms with Gasteiger partial charge in [-0.3, -0.25) is 19.2 Å². The van der Waals surface area contributed by atoms with Crippen LogP contribution in [0.5, 0.6) is 0 Å². The first-order valence-electron chi connectivity index (χ1n) is 22.4. The third-order valence-electron chi connectivity index (χ3n) is 15.7. The Labute approximate surface area is 347 Å². The maximum absolute atomic E-state index is 16.7. The van der Waals surface area contributed by atoms with E-state index in [2.05, 4.69) is 10.6 Å². The number of hydrogen-bond donors (Lipinski definition) is 6. The van der Waals surface area contributed by atoms with Gasteiger partial charge in [0.25, 0.3) is 11.8 Å². The molecular weight excluding hydrogens is 755 g/mol. The number of quaternary nitrogens is 1. The van der Waals surface area contributed by atoms with Gasteiger partial charge >= 0.3 is 17.8 Å². The zero-order valence-corrected chi connectivity index (χ0v) is 35.1. The number of nitrogens with zero attached hydrogens (tertiary/aromatic N) is 1. The lowest BCUT2D eigenvalue weighted by Crippen LogP contribution is -2.87. The highest BCUT2D eigenvalue weighted by atomic mass is 16.4. The molecule has 4 unspecified atom stereocenters. The highest BCUT2D eigenvalue weighted by Gasteiger charge is 2.75. The van der Waals surface area contributed by atoms with Crippen molar-refractivity contribution in [1.82, 2.24) is 15.1 Å². The van der Waals surface area contributed by atoms with E-state index in [0.717, 1.165) is 38.2 Å². The number of nitrogens with two attached hydrogens (primary N) is 2. The lowest BCUT2D eigenvalue weighted by atomic mass is 9.65. The fourth-order valence-electron chi connectivity index (χ4n) is 12.4. The molecule has 14 heteroatoms. The van der Waals surface area contributed by atoms with Gasteiger partial charge in [-0.25, -0.2) is 18.9 Å². The Morgan fingerprint density at radius 1 is 0.542 bits per heavy atom. The fourth-order valence-corrected chi connectivity index (χ4v) is 12.4. The number of carboxylic acids is 2. The quantitative estimate of drug-likeness (QED) is 0.135. The maximum atomic E-state index is 16.7. The van der Waals surface area contributed by atoms with E-state index in [1.165, 1.54) is 12.1 Å². The molecule has 5 fully saturated rings. The van der Waals surface area contributed by atoms with Crippen LogP contribution in [-0.2, 0) is 24.0 Å². The molecule has 14 nitrogen and oxygen atoms in total. The smallest absolute Gasteiger partial charge is 0.335 e. The Morgan fingerprint density at radius 2 is 0.898 bits per heavy atom. The summed E-state index contributed by atoms with van der Waals surface area (Å²) >= 11 is 0. The number of primary amides is 2. The Balaban J connectivity index is 1.77. The summed E-state index contributed by atoms with van der Waals surface area (Å²) in [6, 6.07) is 3.62. The summed E-state index contributed by atoms with van der Waals surface area (Å²) in [5.74, 6) is -7.31. The van der Waals surface area contributed by atoms with Crippen molar-refractivity contribution in [3.05, 3.63) is 29.3 Å². The number of benzene rings is 1. The molecule has 8 N–H and O–H groups in total. The van der Waals surface area contributed by atoms with Crippen molar-refractivity contribution in [2.24, 2.45) is 29.2 Å². The van der Waals surface area contributed by atoms with Crippen molar-refractivity contribution in [2.45, 2.75) is 184 Å². The molecule has 59 heavy (non-hydrogen) atoms. The average molecular weight is 821 g/mol. The molecule has 4 atom stereocenters. The van der Waals surface area contributed by atoms with Gasteiger partial charge in [0.1, 0.15) is 16.8 Å². The van der Waals surface area contributed by atoms with E-state index in [9.17, 15) is 29.4 Å². The number of rotatable bonds is 12. The Kier molecular flexibility index (Phi) is 13.0. The number of nitrogens with one attached hydrogen (secondary N) is 2. The summed E-state index contributed by atoms with van der Waals surface area (Å²) in [4.78, 5) is 102. The molecule has 0 heterocycles. The van der Waals surface area contributed by atoms with Gasteiger partial charge in [0.2, 0.25) is 11.8 Å². The average Bonchev–Trinajstić information content (AvgIpc) is 3.23. The molecule has 0 saturated heterocycles. The van der Waals surface area contributed by atoms with Crippen LogP contribution in [0.15, 0.2) is 18.2 Å². The largest absolute Gasteiger partial charge is 0.478 e. The van der Waals surface area contributed by atoms with Crippen LogP contribution in [0.2, 0.25) is 0 Å². The molecule has 5 amide bonds. The van der Waals surface area contributed by atoms with Gasteiger partial charge in [-0.1, -0.05) is 71.6 Å². The van der Waals surface area contributed by atoms with Gasteiger partial charge in [-0.2, -0.15) is 0 Å². The van der Waals surface area contributed by atoms with E-state index in [1.807, 2.05) is 13.8 Å². The number of carbonyl (C=O) groups is 7. The molecule has 0 bridgehead atoms. The molecule has 5 aliphatic carbocycles. The minimum Gasteiger partial charge on any atom is -0.478 e. The van der Waals surface area contributed by atoms with Crippen LogP contribution in [0, 0.1) is 17.8 Å². The van der Waals surface area contributed by atoms with Gasteiger partial charge in [0, 0.05) is 37.8 Å². The Bertz CT molecular complexity index is 1720. The third kappa shape index (κ3) is 7.35. The highest BCUT2D eigenvalue weighted by Crippen LogP contribution is 2.56. The minimum atomic E-state index is -1.83. The summed E-state index contributed by atoms with van der Waals surface area (Å²) in [6.07, 6.45) is 11.6. The second-order valence-electron chi connectivity index (χ2n) is 18.8. The zero-order valence-electron chi connectivity index (χ0n) is 35.1. The van der Waals surface area contributed by atoms with E-state index < -0.39 is 85.2 Å².